The lowest BCUT2D eigenvalue weighted by molar-refractivity contribution is 0.0137. The van der Waals surface area contributed by atoms with Gasteiger partial charge >= 0.3 is 0 Å². The zero-order valence-electron chi connectivity index (χ0n) is 7.97. The van der Waals surface area contributed by atoms with Crippen LogP contribution in [0.4, 0.5) is 4.39 Å². The lowest BCUT2D eigenvalue weighted by Crippen LogP contribution is -2.19. The first kappa shape index (κ1) is 12.3. The second kappa shape index (κ2) is 5.34. The van der Waals surface area contributed by atoms with E-state index < -0.39 is 18.0 Å². The predicted octanol–water partition coefficient (Wildman–Crippen LogP) is 1.25. The van der Waals surface area contributed by atoms with Crippen molar-refractivity contribution in [1.29, 1.82) is 0 Å². The number of benzene rings is 1. The molecule has 0 aliphatic carbocycles. The van der Waals surface area contributed by atoms with Crippen LogP contribution in [0, 0.1) is 5.82 Å². The van der Waals surface area contributed by atoms with E-state index in [2.05, 4.69) is 12.6 Å². The Morgan fingerprint density at radius 1 is 1.33 bits per heavy atom. The molecule has 15 heavy (non-hydrogen) atoms. The van der Waals surface area contributed by atoms with E-state index in [4.69, 9.17) is 0 Å². The van der Waals surface area contributed by atoms with Gasteiger partial charge < -0.3 is 15.3 Å². The molecule has 84 valence electrons. The monoisotopic (exact) mass is 232 g/mol. The average Bonchev–Trinajstić information content (AvgIpc) is 2.17. The van der Waals surface area contributed by atoms with Crippen LogP contribution in [-0.2, 0) is 0 Å². The summed E-state index contributed by atoms with van der Waals surface area (Å²) in [6.45, 7) is 0. The maximum atomic E-state index is 13.3. The molecule has 0 amide bonds. The number of phenolic OH excluding ortho intramolecular Hbond substituents is 1. The Morgan fingerprint density at radius 3 is 2.53 bits per heavy atom. The van der Waals surface area contributed by atoms with E-state index in [0.717, 1.165) is 6.07 Å². The molecule has 0 saturated carbocycles. The van der Waals surface area contributed by atoms with Crippen LogP contribution in [0.5, 0.6) is 5.75 Å². The van der Waals surface area contributed by atoms with Crippen molar-refractivity contribution in [2.24, 2.45) is 0 Å². The van der Waals surface area contributed by atoms with Gasteiger partial charge in [-0.3, -0.25) is 0 Å². The van der Waals surface area contributed by atoms with Gasteiger partial charge in [0.1, 0.15) is 17.7 Å². The third-order valence-electron chi connectivity index (χ3n) is 2.11. The van der Waals surface area contributed by atoms with Gasteiger partial charge in [0.25, 0.3) is 0 Å². The van der Waals surface area contributed by atoms with Gasteiger partial charge in [-0.15, -0.1) is 0 Å². The molecule has 0 spiro atoms. The number of rotatable bonds is 4. The first-order valence-electron chi connectivity index (χ1n) is 4.52. The molecule has 0 aromatic heterocycles. The fourth-order valence-electron chi connectivity index (χ4n) is 1.30. The smallest absolute Gasteiger partial charge is 0.132 e. The van der Waals surface area contributed by atoms with Gasteiger partial charge in [-0.25, -0.2) is 4.39 Å². The Kier molecular flexibility index (Phi) is 4.38. The van der Waals surface area contributed by atoms with E-state index in [0.29, 0.717) is 5.75 Å². The van der Waals surface area contributed by atoms with Crippen LogP contribution in [-0.4, -0.2) is 27.2 Å². The molecular formula is C10H13FO3S. The number of hydrogen-bond acceptors (Lipinski definition) is 4. The van der Waals surface area contributed by atoms with Crippen molar-refractivity contribution in [2.75, 3.05) is 5.75 Å². The van der Waals surface area contributed by atoms with E-state index in [1.807, 2.05) is 0 Å². The molecule has 1 rings (SSSR count). The highest BCUT2D eigenvalue weighted by Crippen LogP contribution is 2.29. The van der Waals surface area contributed by atoms with Crippen molar-refractivity contribution in [3.63, 3.8) is 0 Å². The van der Waals surface area contributed by atoms with Crippen molar-refractivity contribution in [2.45, 2.75) is 18.6 Å². The molecule has 5 heteroatoms. The van der Waals surface area contributed by atoms with Crippen LogP contribution >= 0.6 is 12.6 Å². The van der Waals surface area contributed by atoms with Crippen LogP contribution < -0.4 is 0 Å². The first-order valence-corrected chi connectivity index (χ1v) is 5.15. The molecule has 0 saturated heterocycles. The molecule has 0 fully saturated rings. The number of aromatic hydroxyl groups is 1. The van der Waals surface area contributed by atoms with Crippen molar-refractivity contribution in [3.05, 3.63) is 29.6 Å². The normalized spacial score (nSPS) is 14.9. The molecule has 0 bridgehead atoms. The highest BCUT2D eigenvalue weighted by atomic mass is 32.1. The fourth-order valence-corrected chi connectivity index (χ4v) is 1.57. The van der Waals surface area contributed by atoms with Crippen LogP contribution in [0.25, 0.3) is 0 Å². The minimum atomic E-state index is -1.43. The Morgan fingerprint density at radius 2 is 2.00 bits per heavy atom. The van der Waals surface area contributed by atoms with E-state index in [1.54, 1.807) is 0 Å². The zero-order valence-corrected chi connectivity index (χ0v) is 8.86. The van der Waals surface area contributed by atoms with Crippen molar-refractivity contribution >= 4 is 12.6 Å². The summed E-state index contributed by atoms with van der Waals surface area (Å²) in [5.74, 6) is -0.727. The average molecular weight is 232 g/mol. The fraction of sp³-hybridized carbons (Fsp3) is 0.400. The lowest BCUT2D eigenvalue weighted by atomic mass is 10.0. The highest BCUT2D eigenvalue weighted by Gasteiger charge is 2.23. The van der Waals surface area contributed by atoms with Crippen LogP contribution in [0.15, 0.2) is 18.2 Å². The van der Waals surface area contributed by atoms with Gasteiger partial charge in [0.05, 0.1) is 11.7 Å². The number of aliphatic hydroxyl groups is 2. The second-order valence-electron chi connectivity index (χ2n) is 3.20. The van der Waals surface area contributed by atoms with Gasteiger partial charge in [-0.2, -0.15) is 12.6 Å². The summed E-state index contributed by atoms with van der Waals surface area (Å²) in [5, 5.41) is 28.4. The maximum absolute atomic E-state index is 13.3. The summed E-state index contributed by atoms with van der Waals surface area (Å²) in [5.41, 5.74) is -0.271. The Bertz CT molecular complexity index is 312. The third-order valence-corrected chi connectivity index (χ3v) is 2.37. The van der Waals surface area contributed by atoms with Crippen LogP contribution in [0.3, 0.4) is 0 Å². The number of hydrogen-bond donors (Lipinski definition) is 4. The van der Waals surface area contributed by atoms with Gasteiger partial charge in [-0.05, 0) is 24.3 Å². The number of thiol groups is 1. The lowest BCUT2D eigenvalue weighted by Gasteiger charge is -2.18. The summed E-state index contributed by atoms with van der Waals surface area (Å²) in [4.78, 5) is 0. The molecule has 2 unspecified atom stereocenters. The molecule has 3 N–H and O–H groups in total. The Hall–Kier alpha value is -0.780. The molecule has 0 aliphatic heterocycles. The molecule has 3 nitrogen and oxygen atoms in total. The third kappa shape index (κ3) is 2.84. The van der Waals surface area contributed by atoms with E-state index in [9.17, 15) is 19.7 Å². The van der Waals surface area contributed by atoms with Crippen molar-refractivity contribution in [1.82, 2.24) is 0 Å². The highest BCUT2D eigenvalue weighted by molar-refractivity contribution is 7.80. The molecule has 0 aliphatic rings. The topological polar surface area (TPSA) is 60.7 Å². The summed E-state index contributed by atoms with van der Waals surface area (Å²) >= 11 is 3.89. The maximum Gasteiger partial charge on any atom is 0.132 e. The van der Waals surface area contributed by atoms with Gasteiger partial charge in [0, 0.05) is 0 Å². The quantitative estimate of drug-likeness (QED) is 0.591. The van der Waals surface area contributed by atoms with Crippen LogP contribution in [0.1, 0.15) is 18.1 Å². The minimum absolute atomic E-state index is 0.220. The van der Waals surface area contributed by atoms with E-state index in [1.165, 1.54) is 12.1 Å². The van der Waals surface area contributed by atoms with Crippen molar-refractivity contribution < 1.29 is 19.7 Å². The molecule has 0 heterocycles. The number of aliphatic hydroxyl groups excluding tert-OH is 2. The Balaban J connectivity index is 2.94. The van der Waals surface area contributed by atoms with Gasteiger partial charge in [-0.1, -0.05) is 6.07 Å². The first-order chi connectivity index (χ1) is 7.07. The van der Waals surface area contributed by atoms with E-state index >= 15 is 0 Å². The summed E-state index contributed by atoms with van der Waals surface area (Å²) < 4.78 is 13.3. The van der Waals surface area contributed by atoms with Gasteiger partial charge in [0.15, 0.2) is 0 Å². The molecular weight excluding hydrogens is 219 g/mol. The molecule has 1 aromatic rings. The SMILES string of the molecule is Oc1cccc(F)c1C(O)C(O)CCS. The molecule has 2 atom stereocenters. The summed E-state index contributed by atoms with van der Waals surface area (Å²) in [7, 11) is 0. The standard InChI is InChI=1S/C10H13FO3S/c11-6-2-1-3-7(12)9(6)10(14)8(13)4-5-15/h1-3,8,10,12-15H,4-5H2. The minimum Gasteiger partial charge on any atom is -0.507 e. The summed E-state index contributed by atoms with van der Waals surface area (Å²) in [6.07, 6.45) is -2.35. The second-order valence-corrected chi connectivity index (χ2v) is 3.64. The summed E-state index contributed by atoms with van der Waals surface area (Å²) in [6, 6.07) is 3.70. The van der Waals surface area contributed by atoms with Gasteiger partial charge in [0.2, 0.25) is 0 Å². The van der Waals surface area contributed by atoms with Crippen molar-refractivity contribution in [3.8, 4) is 5.75 Å². The van der Waals surface area contributed by atoms with Crippen LogP contribution in [0.2, 0.25) is 0 Å². The molecule has 0 radical (unpaired) electrons. The predicted molar refractivity (Wildman–Crippen MR) is 57.5 cm³/mol. The Labute approximate surface area is 92.6 Å². The zero-order chi connectivity index (χ0) is 11.4. The largest absolute Gasteiger partial charge is 0.507 e. The molecule has 1 aromatic carbocycles. The number of halogens is 1. The number of phenols is 1. The van der Waals surface area contributed by atoms with E-state index in [-0.39, 0.29) is 17.7 Å².